The van der Waals surface area contributed by atoms with E-state index in [9.17, 15) is 4.79 Å². The van der Waals surface area contributed by atoms with Crippen LogP contribution in [0.5, 0.6) is 0 Å². The number of aromatic nitrogens is 2. The van der Waals surface area contributed by atoms with Gasteiger partial charge in [-0.25, -0.2) is 10.9 Å². The van der Waals surface area contributed by atoms with Crippen LogP contribution < -0.4 is 10.9 Å². The number of rotatable bonds is 5. The maximum Gasteiger partial charge on any atom is 0.325 e. The lowest BCUT2D eigenvalue weighted by Crippen LogP contribution is -2.37. The molecular formula is C17H16N4O3S. The topological polar surface area (TPSA) is 89.3 Å². The van der Waals surface area contributed by atoms with Crippen molar-refractivity contribution in [1.29, 1.82) is 0 Å². The van der Waals surface area contributed by atoms with E-state index in [1.54, 1.807) is 11.3 Å². The van der Waals surface area contributed by atoms with Gasteiger partial charge in [-0.05, 0) is 23.4 Å². The molecule has 1 aromatic carbocycles. The Morgan fingerprint density at radius 1 is 1.28 bits per heavy atom. The normalized spacial score (nSPS) is 19.8. The second-order valence-electron chi connectivity index (χ2n) is 5.67. The van der Waals surface area contributed by atoms with Crippen molar-refractivity contribution >= 4 is 17.3 Å². The molecule has 0 bridgehead atoms. The Morgan fingerprint density at radius 2 is 2.16 bits per heavy atom. The molecule has 1 aliphatic rings. The molecule has 2 aromatic heterocycles. The summed E-state index contributed by atoms with van der Waals surface area (Å²) < 4.78 is 10.4. The van der Waals surface area contributed by atoms with Gasteiger partial charge in [0, 0.05) is 17.0 Å². The molecule has 0 aliphatic carbocycles. The average Bonchev–Trinajstić information content (AvgIpc) is 3.41. The van der Waals surface area contributed by atoms with Crippen LogP contribution in [0.4, 0.5) is 0 Å². The summed E-state index contributed by atoms with van der Waals surface area (Å²) in [4.78, 5) is 16.4. The van der Waals surface area contributed by atoms with Crippen molar-refractivity contribution in [2.75, 3.05) is 0 Å². The lowest BCUT2D eigenvalue weighted by atomic mass is 10.0. The van der Waals surface area contributed by atoms with Gasteiger partial charge in [0.05, 0.1) is 0 Å². The highest BCUT2D eigenvalue weighted by Crippen LogP contribution is 2.23. The molecular weight excluding hydrogens is 340 g/mol. The Hall–Kier alpha value is -2.55. The fraction of sp³-hybridized carbons (Fsp3) is 0.235. The number of ether oxygens (including phenoxy) is 1. The van der Waals surface area contributed by atoms with E-state index in [1.165, 1.54) is 0 Å². The minimum absolute atomic E-state index is 0.0375. The first-order chi connectivity index (χ1) is 12.3. The molecule has 3 heterocycles. The molecule has 25 heavy (non-hydrogen) atoms. The van der Waals surface area contributed by atoms with E-state index < -0.39 is 6.04 Å². The molecule has 1 saturated heterocycles. The third kappa shape index (κ3) is 3.60. The third-order valence-corrected chi connectivity index (χ3v) is 4.66. The number of thiophene rings is 1. The first-order valence-electron chi connectivity index (χ1n) is 7.87. The molecule has 1 fully saturated rings. The summed E-state index contributed by atoms with van der Waals surface area (Å²) in [5.74, 6) is 0.429. The van der Waals surface area contributed by atoms with Gasteiger partial charge >= 0.3 is 5.97 Å². The first kappa shape index (κ1) is 15.9. The summed E-state index contributed by atoms with van der Waals surface area (Å²) >= 11 is 1.55. The zero-order valence-corrected chi connectivity index (χ0v) is 14.0. The minimum Gasteiger partial charge on any atom is -0.454 e. The van der Waals surface area contributed by atoms with E-state index in [0.29, 0.717) is 12.2 Å². The summed E-state index contributed by atoms with van der Waals surface area (Å²) in [7, 11) is 0. The molecule has 4 rings (SSSR count). The molecule has 3 aromatic rings. The number of carbonyl (C=O) groups is 1. The number of nitrogens with one attached hydrogen (secondary N) is 2. The second kappa shape index (κ2) is 7.14. The molecule has 7 nitrogen and oxygen atoms in total. The van der Waals surface area contributed by atoms with Crippen molar-refractivity contribution in [2.45, 2.75) is 25.1 Å². The molecule has 128 valence electrons. The van der Waals surface area contributed by atoms with Crippen LogP contribution in [-0.2, 0) is 16.1 Å². The van der Waals surface area contributed by atoms with Crippen LogP contribution in [0, 0.1) is 0 Å². The molecule has 0 amide bonds. The highest BCUT2D eigenvalue weighted by molar-refractivity contribution is 7.08. The van der Waals surface area contributed by atoms with Crippen molar-refractivity contribution in [2.24, 2.45) is 0 Å². The van der Waals surface area contributed by atoms with E-state index in [-0.39, 0.29) is 24.5 Å². The molecule has 2 atom stereocenters. The first-order valence-corrected chi connectivity index (χ1v) is 8.81. The number of nitrogens with zero attached hydrogens (tertiary/aromatic N) is 2. The van der Waals surface area contributed by atoms with Crippen molar-refractivity contribution in [3.8, 4) is 11.4 Å². The number of carbonyl (C=O) groups excluding carboxylic acids is 1. The number of hydrogen-bond acceptors (Lipinski definition) is 8. The van der Waals surface area contributed by atoms with Gasteiger partial charge in [0.25, 0.3) is 5.89 Å². The number of hydrazine groups is 1. The number of hydrogen-bond donors (Lipinski definition) is 2. The predicted molar refractivity (Wildman–Crippen MR) is 91.3 cm³/mol. The Labute approximate surface area is 148 Å². The Bertz CT molecular complexity index is 835. The fourth-order valence-corrected chi connectivity index (χ4v) is 3.30. The predicted octanol–water partition coefficient (Wildman–Crippen LogP) is 2.45. The summed E-state index contributed by atoms with van der Waals surface area (Å²) in [6.45, 7) is -0.0375. The van der Waals surface area contributed by atoms with Crippen LogP contribution in [0.15, 0.2) is 51.7 Å². The molecule has 0 spiro atoms. The number of esters is 1. The van der Waals surface area contributed by atoms with E-state index in [0.717, 1.165) is 11.1 Å². The van der Waals surface area contributed by atoms with Gasteiger partial charge in [0.2, 0.25) is 5.82 Å². The smallest absolute Gasteiger partial charge is 0.325 e. The van der Waals surface area contributed by atoms with E-state index in [1.807, 2.05) is 47.2 Å². The quantitative estimate of drug-likeness (QED) is 0.679. The standard InChI is InChI=1S/C17H16N4O3S/c22-17(14-8-13(19-20-14)11-4-2-1-3-5-11)23-9-15-18-16(21-24-15)12-6-7-25-10-12/h1-7,10,13-14,19-20H,8-9H2. The summed E-state index contributed by atoms with van der Waals surface area (Å²) in [5.41, 5.74) is 8.12. The monoisotopic (exact) mass is 356 g/mol. The lowest BCUT2D eigenvalue weighted by Gasteiger charge is -2.09. The zero-order valence-electron chi connectivity index (χ0n) is 13.2. The van der Waals surface area contributed by atoms with Crippen LogP contribution in [0.1, 0.15) is 23.9 Å². The van der Waals surface area contributed by atoms with E-state index in [2.05, 4.69) is 21.0 Å². The van der Waals surface area contributed by atoms with Gasteiger partial charge in [0.15, 0.2) is 6.61 Å². The largest absolute Gasteiger partial charge is 0.454 e. The van der Waals surface area contributed by atoms with Crippen LogP contribution >= 0.6 is 11.3 Å². The van der Waals surface area contributed by atoms with Gasteiger partial charge in [-0.2, -0.15) is 16.3 Å². The Balaban J connectivity index is 1.31. The fourth-order valence-electron chi connectivity index (χ4n) is 2.67. The van der Waals surface area contributed by atoms with Gasteiger partial charge in [0.1, 0.15) is 6.04 Å². The van der Waals surface area contributed by atoms with Crippen molar-refractivity contribution in [1.82, 2.24) is 21.0 Å². The SMILES string of the molecule is O=C(OCc1nc(-c2ccsc2)no1)C1CC(c2ccccc2)NN1. The van der Waals surface area contributed by atoms with Crippen LogP contribution in [0.3, 0.4) is 0 Å². The van der Waals surface area contributed by atoms with Crippen LogP contribution in [0.2, 0.25) is 0 Å². The average molecular weight is 356 g/mol. The molecule has 8 heteroatoms. The Kier molecular flexibility index (Phi) is 4.55. The van der Waals surface area contributed by atoms with Crippen molar-refractivity contribution in [3.63, 3.8) is 0 Å². The van der Waals surface area contributed by atoms with Gasteiger partial charge in [-0.3, -0.25) is 4.79 Å². The molecule has 1 aliphatic heterocycles. The maximum atomic E-state index is 12.2. The van der Waals surface area contributed by atoms with E-state index >= 15 is 0 Å². The van der Waals surface area contributed by atoms with Crippen LogP contribution in [0.25, 0.3) is 11.4 Å². The Morgan fingerprint density at radius 3 is 2.96 bits per heavy atom. The summed E-state index contributed by atoms with van der Waals surface area (Å²) in [5, 5.41) is 7.75. The van der Waals surface area contributed by atoms with Crippen molar-refractivity contribution < 1.29 is 14.1 Å². The molecule has 2 N–H and O–H groups in total. The van der Waals surface area contributed by atoms with E-state index in [4.69, 9.17) is 9.26 Å². The maximum absolute atomic E-state index is 12.2. The van der Waals surface area contributed by atoms with Gasteiger partial charge < -0.3 is 9.26 Å². The minimum atomic E-state index is -0.413. The highest BCUT2D eigenvalue weighted by Gasteiger charge is 2.31. The highest BCUT2D eigenvalue weighted by atomic mass is 32.1. The van der Waals surface area contributed by atoms with Crippen molar-refractivity contribution in [3.05, 3.63) is 58.6 Å². The zero-order chi connectivity index (χ0) is 17.1. The lowest BCUT2D eigenvalue weighted by molar-refractivity contribution is -0.148. The van der Waals surface area contributed by atoms with Crippen LogP contribution in [-0.4, -0.2) is 22.2 Å². The molecule has 2 unspecified atom stereocenters. The van der Waals surface area contributed by atoms with Gasteiger partial charge in [-0.1, -0.05) is 35.5 Å². The van der Waals surface area contributed by atoms with Gasteiger partial charge in [-0.15, -0.1) is 0 Å². The third-order valence-electron chi connectivity index (χ3n) is 3.98. The number of benzene rings is 1. The second-order valence-corrected chi connectivity index (χ2v) is 6.45. The summed E-state index contributed by atoms with van der Waals surface area (Å²) in [6, 6.07) is 11.5. The molecule has 0 radical (unpaired) electrons. The molecule has 0 saturated carbocycles. The summed E-state index contributed by atoms with van der Waals surface area (Å²) in [6.07, 6.45) is 0.618.